The summed E-state index contributed by atoms with van der Waals surface area (Å²) in [5.41, 5.74) is 0. The first-order valence-corrected chi connectivity index (χ1v) is 9.20. The van der Waals surface area contributed by atoms with E-state index in [0.29, 0.717) is 21.7 Å². The van der Waals surface area contributed by atoms with Gasteiger partial charge in [0.2, 0.25) is 0 Å². The van der Waals surface area contributed by atoms with Gasteiger partial charge < -0.3 is 90.3 Å². The summed E-state index contributed by atoms with van der Waals surface area (Å²) in [6.45, 7) is 0.482. The van der Waals surface area contributed by atoms with Crippen LogP contribution in [0.5, 0.6) is 0 Å². The molecule has 0 saturated heterocycles. The van der Waals surface area contributed by atoms with Crippen LogP contribution >= 0.6 is 24.4 Å². The summed E-state index contributed by atoms with van der Waals surface area (Å²) in [5.74, 6) is 0. The van der Waals surface area contributed by atoms with Crippen molar-refractivity contribution in [2.24, 2.45) is 0 Å². The summed E-state index contributed by atoms with van der Waals surface area (Å²) in [4.78, 5) is 10.1. The molecule has 0 aliphatic rings. The molecule has 0 aromatic rings. The number of nitrogens with one attached hydrogen (secondary N) is 4. The van der Waals surface area contributed by atoms with Gasteiger partial charge in [0, 0.05) is 13.1 Å². The second-order valence-electron chi connectivity index (χ2n) is 2.90. The largest absolute Gasteiger partial charge is 1.00 e. The van der Waals surface area contributed by atoms with Crippen molar-refractivity contribution < 1.29 is 154 Å². The number of hydrogen-bond donors (Lipinski definition) is 6. The molecule has 0 aromatic heterocycles. The van der Waals surface area contributed by atoms with E-state index in [9.17, 15) is 22.3 Å². The molecule has 12 nitrogen and oxygen atoms in total. The van der Waals surface area contributed by atoms with Gasteiger partial charge in [-0.25, -0.2) is 16.8 Å². The molecule has 0 bridgehead atoms. The summed E-state index contributed by atoms with van der Waals surface area (Å²) in [5, 5.41) is 25.6. The number of carbonyl (C=O) groups excluding carboxylic acids is 1. The third-order valence-corrected chi connectivity index (χ3v) is 2.72. The quantitative estimate of drug-likeness (QED) is 0.0424. The van der Waals surface area contributed by atoms with Crippen molar-refractivity contribution in [2.75, 3.05) is 26.6 Å². The molecule has 0 aliphatic carbocycles. The zero-order valence-corrected chi connectivity index (χ0v) is 29.0. The van der Waals surface area contributed by atoms with Gasteiger partial charge in [0.15, 0.2) is 0 Å². The molecule has 0 aliphatic heterocycles. The average Bonchev–Trinajstić information content (AvgIpc) is 2.43. The number of aliphatic hydroxyl groups is 2. The maximum Gasteiger partial charge on any atom is 1.00 e. The molecule has 0 spiro atoms. The minimum Gasteiger partial charge on any atom is -0.749 e. The van der Waals surface area contributed by atoms with E-state index >= 15 is 0 Å². The first-order valence-electron chi connectivity index (χ1n) is 5.57. The van der Waals surface area contributed by atoms with E-state index in [1.807, 2.05) is 10.6 Å². The molecule has 0 atom stereocenters. The number of aliphatic hydroxyl groups excluding tert-OH is 2. The maximum absolute atomic E-state index is 10.1. The molecule has 0 unspecified atom stereocenters. The van der Waals surface area contributed by atoms with Gasteiger partial charge in [-0.05, 0) is 0 Å². The van der Waals surface area contributed by atoms with Crippen LogP contribution in [0.1, 0.15) is 0 Å². The van der Waals surface area contributed by atoms with E-state index in [1.54, 1.807) is 0 Å². The molecule has 150 valence electrons. The molecular formula is C7H14N4Na4O8S6. The number of rotatable bonds is 7. The minimum atomic E-state index is -2.96. The Labute approximate surface area is 284 Å². The second-order valence-corrected chi connectivity index (χ2v) is 6.41. The molecule has 0 fully saturated rings. The van der Waals surface area contributed by atoms with E-state index in [-0.39, 0.29) is 118 Å². The van der Waals surface area contributed by atoms with Crippen LogP contribution in [0.4, 0.5) is 4.79 Å². The van der Waals surface area contributed by atoms with Gasteiger partial charge in [-0.1, -0.05) is 8.64 Å². The SMILES string of the molecule is O=C(NCO)NCO.O=S([O-])OS(=O)[O-].S=C([S-])NCCNC(=S)[S-].[Na+].[Na+].[Na+].[Na+]. The van der Waals surface area contributed by atoms with Crippen molar-refractivity contribution in [1.29, 1.82) is 0 Å². The van der Waals surface area contributed by atoms with Crippen molar-refractivity contribution in [2.45, 2.75) is 0 Å². The Morgan fingerprint density at radius 1 is 0.828 bits per heavy atom. The summed E-state index contributed by atoms with van der Waals surface area (Å²) in [6.07, 6.45) is 0. The smallest absolute Gasteiger partial charge is 0.749 e. The Bertz CT molecular complexity index is 422. The molecule has 2 amide bonds. The Kier molecular flexibility index (Phi) is 66.5. The summed E-state index contributed by atoms with van der Waals surface area (Å²) in [7, 11) is 0. The van der Waals surface area contributed by atoms with Crippen LogP contribution in [-0.2, 0) is 51.6 Å². The van der Waals surface area contributed by atoms with Crippen LogP contribution in [-0.4, -0.2) is 69.0 Å². The molecule has 0 rings (SSSR count). The van der Waals surface area contributed by atoms with Crippen LogP contribution in [0.3, 0.4) is 0 Å². The fourth-order valence-corrected chi connectivity index (χ4v) is 1.35. The number of hydrogen-bond acceptors (Lipinski definition) is 12. The monoisotopic (exact) mass is 566 g/mol. The predicted octanol–water partition coefficient (Wildman–Crippen LogP) is -15.4. The van der Waals surface area contributed by atoms with Crippen molar-refractivity contribution in [3.8, 4) is 0 Å². The third-order valence-electron chi connectivity index (χ3n) is 1.25. The van der Waals surface area contributed by atoms with Crippen LogP contribution in [0, 0.1) is 0 Å². The van der Waals surface area contributed by atoms with Gasteiger partial charge >= 0.3 is 124 Å². The third kappa shape index (κ3) is 65.2. The predicted molar refractivity (Wildman–Crippen MR) is 101 cm³/mol. The number of amides is 2. The average molecular weight is 567 g/mol. The van der Waals surface area contributed by atoms with Gasteiger partial charge in [-0.2, -0.15) is 0 Å². The van der Waals surface area contributed by atoms with Crippen molar-refractivity contribution in [3.05, 3.63) is 0 Å². The summed E-state index contributed by atoms with van der Waals surface area (Å²) < 4.78 is 40.6. The van der Waals surface area contributed by atoms with Crippen LogP contribution in [0.2, 0.25) is 0 Å². The molecular weight excluding hydrogens is 552 g/mol. The van der Waals surface area contributed by atoms with Gasteiger partial charge in [0.1, 0.15) is 13.5 Å². The molecule has 0 aromatic carbocycles. The molecule has 22 heteroatoms. The van der Waals surface area contributed by atoms with E-state index < -0.39 is 42.2 Å². The minimum absolute atomic E-state index is 0. The molecule has 6 N–H and O–H groups in total. The molecule has 0 saturated carbocycles. The van der Waals surface area contributed by atoms with Crippen molar-refractivity contribution >= 4 is 87.1 Å². The number of urea groups is 1. The van der Waals surface area contributed by atoms with E-state index in [4.69, 9.17) is 10.2 Å². The van der Waals surface area contributed by atoms with Gasteiger partial charge in [-0.15, -0.1) is 0 Å². The van der Waals surface area contributed by atoms with Crippen molar-refractivity contribution in [1.82, 2.24) is 21.3 Å². The molecule has 0 heterocycles. The summed E-state index contributed by atoms with van der Waals surface area (Å²) >= 11 is 12.4. The van der Waals surface area contributed by atoms with E-state index in [2.05, 4.69) is 64.0 Å². The Balaban J connectivity index is -0.0000000475. The Morgan fingerprint density at radius 3 is 1.24 bits per heavy atom. The van der Waals surface area contributed by atoms with Crippen molar-refractivity contribution in [3.63, 3.8) is 0 Å². The number of carbonyl (C=O) groups is 1. The first-order chi connectivity index (χ1) is 11.6. The van der Waals surface area contributed by atoms with E-state index in [0.717, 1.165) is 0 Å². The van der Waals surface area contributed by atoms with E-state index in [1.165, 1.54) is 0 Å². The van der Waals surface area contributed by atoms with Gasteiger partial charge in [0.05, 0.1) is 22.7 Å². The Hall–Kier alpha value is 3.59. The van der Waals surface area contributed by atoms with Gasteiger partial charge in [-0.3, -0.25) is 0 Å². The normalized spacial score (nSPS) is 9.66. The summed E-state index contributed by atoms with van der Waals surface area (Å²) in [6, 6.07) is -0.588. The zero-order chi connectivity index (χ0) is 20.3. The zero-order valence-electron chi connectivity index (χ0n) is 16.1. The topological polar surface area (TPSA) is 195 Å². The fourth-order valence-electron chi connectivity index (χ4n) is 0.581. The van der Waals surface area contributed by atoms with Gasteiger partial charge in [0.25, 0.3) is 0 Å². The second kappa shape index (κ2) is 38.8. The van der Waals surface area contributed by atoms with Crippen LogP contribution in [0.15, 0.2) is 0 Å². The Morgan fingerprint density at radius 2 is 1.10 bits per heavy atom. The first kappa shape index (κ1) is 49.7. The standard InChI is InChI=1S/C4H8N2S4.C3H8N2O3.4Na.H2O5S2/c7-3(8)5-1-2-6-4(9)10;6-1-4-3(8)5-2-7;;;;;1-6(2)5-7(3)4/h1-2H2,(H2,5,7,8)(H2,6,9,10);6-7H,1-2H2,(H2,4,5,8);;;;;(H,1,2)(H,3,4)/q;;4*+1;/p-4. The number of thiocarbonyl (C=S) groups is 2. The molecule has 0 radical (unpaired) electrons. The molecule has 29 heavy (non-hydrogen) atoms. The fraction of sp³-hybridized carbons (Fsp3) is 0.571. The van der Waals surface area contributed by atoms with Crippen LogP contribution < -0.4 is 139 Å². The van der Waals surface area contributed by atoms with Crippen LogP contribution in [0.25, 0.3) is 0 Å². The maximum atomic E-state index is 10.1.